The number of benzene rings is 3. The largest absolute Gasteiger partial charge is 0.342 e. The second-order valence-electron chi connectivity index (χ2n) is 9.51. The van der Waals surface area contributed by atoms with Gasteiger partial charge in [0.25, 0.3) is 11.8 Å². The number of fused-ring (bicyclic) bond motifs is 1. The van der Waals surface area contributed by atoms with Crippen LogP contribution in [0.3, 0.4) is 0 Å². The van der Waals surface area contributed by atoms with Gasteiger partial charge in [-0.3, -0.25) is 9.59 Å². The number of rotatable bonds is 8. The summed E-state index contributed by atoms with van der Waals surface area (Å²) in [6.07, 6.45) is 3.70. The summed E-state index contributed by atoms with van der Waals surface area (Å²) in [7, 11) is 0. The molecular weight excluding hydrogens is 448 g/mol. The van der Waals surface area contributed by atoms with Crippen LogP contribution in [0.25, 0.3) is 10.9 Å². The van der Waals surface area contributed by atoms with Gasteiger partial charge >= 0.3 is 0 Å². The van der Waals surface area contributed by atoms with Crippen molar-refractivity contribution >= 4 is 28.9 Å². The smallest absolute Gasteiger partial charge is 0.262 e. The van der Waals surface area contributed by atoms with Gasteiger partial charge in [-0.25, -0.2) is 5.43 Å². The van der Waals surface area contributed by atoms with Gasteiger partial charge in [-0.2, -0.15) is 5.10 Å². The van der Waals surface area contributed by atoms with Crippen LogP contribution in [0.5, 0.6) is 0 Å². The van der Waals surface area contributed by atoms with E-state index in [1.165, 1.54) is 11.1 Å². The van der Waals surface area contributed by atoms with Crippen molar-refractivity contribution in [3.8, 4) is 0 Å². The average molecular weight is 481 g/mol. The molecule has 0 saturated carbocycles. The van der Waals surface area contributed by atoms with E-state index in [0.717, 1.165) is 28.6 Å². The van der Waals surface area contributed by atoms with E-state index >= 15 is 0 Å². The minimum atomic E-state index is -0.710. The molecule has 0 aliphatic rings. The Morgan fingerprint density at radius 1 is 0.944 bits per heavy atom. The standard InChI is InChI=1S/C30H32N4O2/c1-20(2)28(32-29(35)24-14-12-21(3)13-15-24)30(36)33-31-17-25-19-34(27-11-6-5-10-26(25)27)18-23-9-7-8-22(4)16-23/h5-17,19-20,28H,18H2,1-4H3,(H,32,35)(H,33,36)/b31-17-. The van der Waals surface area contributed by atoms with Crippen LogP contribution in [0.4, 0.5) is 0 Å². The Morgan fingerprint density at radius 2 is 1.69 bits per heavy atom. The Kier molecular flexibility index (Phi) is 7.64. The maximum absolute atomic E-state index is 12.9. The molecule has 6 nitrogen and oxygen atoms in total. The monoisotopic (exact) mass is 480 g/mol. The van der Waals surface area contributed by atoms with Gasteiger partial charge in [0.2, 0.25) is 0 Å². The molecule has 6 heteroatoms. The van der Waals surface area contributed by atoms with Gasteiger partial charge in [0.05, 0.1) is 6.21 Å². The van der Waals surface area contributed by atoms with Crippen molar-refractivity contribution < 1.29 is 9.59 Å². The molecule has 36 heavy (non-hydrogen) atoms. The highest BCUT2D eigenvalue weighted by atomic mass is 16.2. The molecule has 2 N–H and O–H groups in total. The van der Waals surface area contributed by atoms with Crippen LogP contribution < -0.4 is 10.7 Å². The fourth-order valence-corrected chi connectivity index (χ4v) is 4.22. The third-order valence-electron chi connectivity index (χ3n) is 6.18. The van der Waals surface area contributed by atoms with Crippen molar-refractivity contribution in [2.24, 2.45) is 11.0 Å². The number of hydrazone groups is 1. The van der Waals surface area contributed by atoms with Crippen molar-refractivity contribution in [1.29, 1.82) is 0 Å². The van der Waals surface area contributed by atoms with E-state index in [9.17, 15) is 9.59 Å². The highest BCUT2D eigenvalue weighted by Gasteiger charge is 2.24. The zero-order chi connectivity index (χ0) is 25.7. The lowest BCUT2D eigenvalue weighted by molar-refractivity contribution is -0.123. The summed E-state index contributed by atoms with van der Waals surface area (Å²) in [6.45, 7) is 8.57. The number of hydrogen-bond donors (Lipinski definition) is 2. The van der Waals surface area contributed by atoms with Crippen molar-refractivity contribution in [1.82, 2.24) is 15.3 Å². The van der Waals surface area contributed by atoms with Gasteiger partial charge in [0.15, 0.2) is 0 Å². The number of hydrogen-bond acceptors (Lipinski definition) is 3. The summed E-state index contributed by atoms with van der Waals surface area (Å²) in [5.41, 5.74) is 8.65. The molecule has 1 heterocycles. The molecule has 184 valence electrons. The van der Waals surface area contributed by atoms with Gasteiger partial charge in [-0.05, 0) is 43.5 Å². The Balaban J connectivity index is 1.48. The fraction of sp³-hybridized carbons (Fsp3) is 0.233. The third-order valence-corrected chi connectivity index (χ3v) is 6.18. The second-order valence-corrected chi connectivity index (χ2v) is 9.51. The Morgan fingerprint density at radius 3 is 2.42 bits per heavy atom. The third kappa shape index (κ3) is 5.89. The molecular formula is C30H32N4O2. The summed E-state index contributed by atoms with van der Waals surface area (Å²) < 4.78 is 2.19. The molecule has 0 radical (unpaired) electrons. The average Bonchev–Trinajstić information content (AvgIpc) is 3.20. The second kappa shape index (κ2) is 11.0. The van der Waals surface area contributed by atoms with Gasteiger partial charge in [-0.15, -0.1) is 0 Å². The first-order valence-electron chi connectivity index (χ1n) is 12.2. The van der Waals surface area contributed by atoms with Gasteiger partial charge in [0, 0.05) is 34.8 Å². The number of amides is 2. The topological polar surface area (TPSA) is 75.5 Å². The molecule has 1 unspecified atom stereocenters. The molecule has 0 fully saturated rings. The van der Waals surface area contributed by atoms with Crippen LogP contribution in [0.15, 0.2) is 84.1 Å². The van der Waals surface area contributed by atoms with Crippen molar-refractivity contribution in [2.45, 2.75) is 40.3 Å². The minimum absolute atomic E-state index is 0.106. The zero-order valence-electron chi connectivity index (χ0n) is 21.2. The number of carbonyl (C=O) groups is 2. The first-order valence-corrected chi connectivity index (χ1v) is 12.2. The maximum atomic E-state index is 12.9. The molecule has 1 atom stereocenters. The normalized spacial score (nSPS) is 12.2. The van der Waals surface area contributed by atoms with Crippen LogP contribution >= 0.6 is 0 Å². The number of nitrogens with one attached hydrogen (secondary N) is 2. The number of carbonyl (C=O) groups excluding carboxylic acids is 2. The first-order chi connectivity index (χ1) is 17.3. The summed E-state index contributed by atoms with van der Waals surface area (Å²) in [5.74, 6) is -0.747. The SMILES string of the molecule is Cc1ccc(C(=O)NC(C(=O)N/N=C\c2cn(Cc3cccc(C)c3)c3ccccc23)C(C)C)cc1. The minimum Gasteiger partial charge on any atom is -0.342 e. The number of aryl methyl sites for hydroxylation is 2. The van der Waals surface area contributed by atoms with E-state index in [1.807, 2.05) is 57.3 Å². The summed E-state index contributed by atoms with van der Waals surface area (Å²) in [5, 5.41) is 8.12. The predicted octanol–water partition coefficient (Wildman–Crippen LogP) is 5.21. The van der Waals surface area contributed by atoms with Gasteiger partial charge in [0.1, 0.15) is 6.04 Å². The Hall–Kier alpha value is -4.19. The molecule has 4 aromatic rings. The van der Waals surface area contributed by atoms with Gasteiger partial charge < -0.3 is 9.88 Å². The molecule has 0 aliphatic carbocycles. The van der Waals surface area contributed by atoms with E-state index in [1.54, 1.807) is 18.3 Å². The number of para-hydroxylation sites is 1. The van der Waals surface area contributed by atoms with Crippen LogP contribution in [-0.4, -0.2) is 28.6 Å². The summed E-state index contributed by atoms with van der Waals surface area (Å²) in [4.78, 5) is 25.6. The van der Waals surface area contributed by atoms with E-state index in [4.69, 9.17) is 0 Å². The van der Waals surface area contributed by atoms with Crippen molar-refractivity contribution in [3.05, 3.63) is 107 Å². The van der Waals surface area contributed by atoms with Crippen LogP contribution in [0.1, 0.15) is 46.5 Å². The lowest BCUT2D eigenvalue weighted by atomic mass is 10.0. The first kappa shape index (κ1) is 24.9. The molecule has 0 saturated heterocycles. The molecule has 3 aromatic carbocycles. The quantitative estimate of drug-likeness (QED) is 0.268. The Labute approximate surface area is 212 Å². The van der Waals surface area contributed by atoms with Crippen LogP contribution in [0, 0.1) is 19.8 Å². The molecule has 4 rings (SSSR count). The lowest BCUT2D eigenvalue weighted by Gasteiger charge is -2.20. The molecule has 0 spiro atoms. The van der Waals surface area contributed by atoms with Crippen molar-refractivity contribution in [2.75, 3.05) is 0 Å². The Bertz CT molecular complexity index is 1400. The lowest BCUT2D eigenvalue weighted by Crippen LogP contribution is -2.48. The van der Waals surface area contributed by atoms with E-state index in [-0.39, 0.29) is 17.7 Å². The van der Waals surface area contributed by atoms with Gasteiger partial charge in [-0.1, -0.05) is 79.6 Å². The van der Waals surface area contributed by atoms with E-state index in [0.29, 0.717) is 5.56 Å². The van der Waals surface area contributed by atoms with Crippen molar-refractivity contribution in [3.63, 3.8) is 0 Å². The molecule has 0 aliphatic heterocycles. The van der Waals surface area contributed by atoms with E-state index in [2.05, 4.69) is 57.7 Å². The van der Waals surface area contributed by atoms with Crippen LogP contribution in [-0.2, 0) is 11.3 Å². The highest BCUT2D eigenvalue weighted by molar-refractivity contribution is 6.00. The molecule has 0 bridgehead atoms. The molecule has 1 aromatic heterocycles. The van der Waals surface area contributed by atoms with E-state index < -0.39 is 6.04 Å². The van der Waals surface area contributed by atoms with Crippen LogP contribution in [0.2, 0.25) is 0 Å². The highest BCUT2D eigenvalue weighted by Crippen LogP contribution is 2.21. The fourth-order valence-electron chi connectivity index (χ4n) is 4.22. The predicted molar refractivity (Wildman–Crippen MR) is 145 cm³/mol. The summed E-state index contributed by atoms with van der Waals surface area (Å²) >= 11 is 0. The number of aromatic nitrogens is 1. The summed E-state index contributed by atoms with van der Waals surface area (Å²) in [6, 6.07) is 23.1. The molecule has 2 amide bonds. The maximum Gasteiger partial charge on any atom is 0.262 e. The number of nitrogens with zero attached hydrogens (tertiary/aromatic N) is 2. The zero-order valence-corrected chi connectivity index (χ0v) is 21.2.